The molecular weight excluding hydrogens is 699 g/mol. The van der Waals surface area contributed by atoms with Gasteiger partial charge in [-0.05, 0) is 77.0 Å². The summed E-state index contributed by atoms with van der Waals surface area (Å²) in [7, 11) is -4.76. The molecule has 0 aliphatic carbocycles. The lowest BCUT2D eigenvalue weighted by atomic mass is 10.1. The molecule has 0 aliphatic rings. The smallest absolute Gasteiger partial charge is 0.462 e. The van der Waals surface area contributed by atoms with Crippen LogP contribution in [-0.2, 0) is 28.2 Å². The van der Waals surface area contributed by atoms with Crippen LogP contribution in [0.2, 0.25) is 0 Å². The van der Waals surface area contributed by atoms with E-state index in [0.29, 0.717) is 12.8 Å². The summed E-state index contributed by atoms with van der Waals surface area (Å²) in [5.41, 5.74) is 0. The van der Waals surface area contributed by atoms with E-state index in [1.807, 2.05) is 0 Å². The van der Waals surface area contributed by atoms with E-state index < -0.39 is 32.5 Å². The molecule has 0 rings (SSSR count). The van der Waals surface area contributed by atoms with Crippen LogP contribution in [0.15, 0.2) is 60.8 Å². The Morgan fingerprint density at radius 3 is 1.33 bits per heavy atom. The SMILES string of the molecule is CC/C=C\C/C=C\C/C=C\CCCCCCCC(=O)OC(COC(=O)CCCCCCCCCCC/C=C\C/C=C\CCCCCCC)COP(=O)(O)O. The van der Waals surface area contributed by atoms with E-state index in [1.165, 1.54) is 70.6 Å². The Labute approximate surface area is 330 Å². The maximum Gasteiger partial charge on any atom is 0.469 e. The summed E-state index contributed by atoms with van der Waals surface area (Å²) in [6, 6.07) is 0. The third kappa shape index (κ3) is 42.5. The Bertz CT molecular complexity index is 1060. The van der Waals surface area contributed by atoms with Gasteiger partial charge < -0.3 is 19.3 Å². The molecule has 0 saturated heterocycles. The van der Waals surface area contributed by atoms with Crippen LogP contribution in [0.4, 0.5) is 0 Å². The average Bonchev–Trinajstić information content (AvgIpc) is 3.14. The van der Waals surface area contributed by atoms with E-state index in [-0.39, 0.29) is 19.4 Å². The first kappa shape index (κ1) is 51.8. The predicted octanol–water partition coefficient (Wildman–Crippen LogP) is 13.3. The molecule has 0 aliphatic heterocycles. The van der Waals surface area contributed by atoms with Crippen molar-refractivity contribution in [2.45, 2.75) is 200 Å². The van der Waals surface area contributed by atoms with Gasteiger partial charge in [0.15, 0.2) is 6.10 Å². The van der Waals surface area contributed by atoms with Crippen LogP contribution in [-0.4, -0.2) is 41.0 Å². The molecule has 0 aromatic heterocycles. The highest BCUT2D eigenvalue weighted by Crippen LogP contribution is 2.36. The van der Waals surface area contributed by atoms with Gasteiger partial charge in [-0.15, -0.1) is 0 Å². The van der Waals surface area contributed by atoms with E-state index >= 15 is 0 Å². The molecule has 0 aromatic carbocycles. The molecule has 1 atom stereocenters. The third-order valence-corrected chi connectivity index (χ3v) is 9.51. The Morgan fingerprint density at radius 1 is 0.500 bits per heavy atom. The fourth-order valence-corrected chi connectivity index (χ4v) is 6.19. The molecule has 54 heavy (non-hydrogen) atoms. The molecule has 0 bridgehead atoms. The Hall–Kier alpha value is -2.25. The zero-order valence-electron chi connectivity index (χ0n) is 34.4. The van der Waals surface area contributed by atoms with E-state index in [9.17, 15) is 14.2 Å². The first-order valence-corrected chi connectivity index (χ1v) is 23.1. The largest absolute Gasteiger partial charge is 0.469 e. The van der Waals surface area contributed by atoms with Gasteiger partial charge in [-0.2, -0.15) is 0 Å². The van der Waals surface area contributed by atoms with Gasteiger partial charge in [-0.3, -0.25) is 14.1 Å². The Kier molecular flexibility index (Phi) is 38.7. The number of hydrogen-bond acceptors (Lipinski definition) is 6. The molecule has 312 valence electrons. The normalized spacial score (nSPS) is 13.0. The second kappa shape index (κ2) is 40.4. The van der Waals surface area contributed by atoms with Crippen LogP contribution in [0.25, 0.3) is 0 Å². The lowest BCUT2D eigenvalue weighted by molar-refractivity contribution is -0.161. The summed E-state index contributed by atoms with van der Waals surface area (Å²) >= 11 is 0. The van der Waals surface area contributed by atoms with E-state index in [2.05, 4.69) is 79.1 Å². The number of carbonyl (C=O) groups is 2. The van der Waals surface area contributed by atoms with Gasteiger partial charge in [0, 0.05) is 12.8 Å². The minimum atomic E-state index is -4.76. The summed E-state index contributed by atoms with van der Waals surface area (Å²) in [5.74, 6) is -0.911. The molecule has 0 spiro atoms. The van der Waals surface area contributed by atoms with Crippen molar-refractivity contribution in [3.8, 4) is 0 Å². The topological polar surface area (TPSA) is 119 Å². The monoisotopic (exact) mass is 779 g/mol. The number of hydrogen-bond donors (Lipinski definition) is 2. The van der Waals surface area contributed by atoms with Crippen LogP contribution in [0, 0.1) is 0 Å². The van der Waals surface area contributed by atoms with Gasteiger partial charge in [0.05, 0.1) is 6.61 Å². The second-order valence-corrected chi connectivity index (χ2v) is 15.5. The van der Waals surface area contributed by atoms with Crippen LogP contribution >= 0.6 is 7.82 Å². The van der Waals surface area contributed by atoms with Gasteiger partial charge in [0.2, 0.25) is 0 Å². The maximum absolute atomic E-state index is 12.4. The number of ether oxygens (including phenoxy) is 2. The van der Waals surface area contributed by atoms with Crippen molar-refractivity contribution < 1.29 is 37.9 Å². The summed E-state index contributed by atoms with van der Waals surface area (Å²) < 4.78 is 26.4. The van der Waals surface area contributed by atoms with Gasteiger partial charge in [0.25, 0.3) is 0 Å². The van der Waals surface area contributed by atoms with Gasteiger partial charge >= 0.3 is 19.8 Å². The summed E-state index contributed by atoms with van der Waals surface area (Å²) in [5, 5.41) is 0. The lowest BCUT2D eigenvalue weighted by Gasteiger charge is -2.18. The molecule has 0 saturated carbocycles. The third-order valence-electron chi connectivity index (χ3n) is 9.02. The minimum absolute atomic E-state index is 0.189. The number of phosphoric acid groups is 1. The first-order valence-electron chi connectivity index (χ1n) is 21.6. The Morgan fingerprint density at radius 2 is 0.889 bits per heavy atom. The molecule has 1 unspecified atom stereocenters. The summed E-state index contributed by atoms with van der Waals surface area (Å²) in [6.07, 6.45) is 50.8. The van der Waals surface area contributed by atoms with Gasteiger partial charge in [-0.1, -0.05) is 164 Å². The van der Waals surface area contributed by atoms with Crippen molar-refractivity contribution in [2.24, 2.45) is 0 Å². The van der Waals surface area contributed by atoms with E-state index in [1.54, 1.807) is 0 Å². The summed E-state index contributed by atoms with van der Waals surface area (Å²) in [4.78, 5) is 42.9. The van der Waals surface area contributed by atoms with Crippen molar-refractivity contribution in [3.63, 3.8) is 0 Å². The number of unbranched alkanes of at least 4 members (excludes halogenated alkanes) is 19. The molecular formula is C45H79O8P. The van der Waals surface area contributed by atoms with Crippen molar-refractivity contribution in [3.05, 3.63) is 60.8 Å². The lowest BCUT2D eigenvalue weighted by Crippen LogP contribution is -2.29. The van der Waals surface area contributed by atoms with Gasteiger partial charge in [0.1, 0.15) is 6.61 Å². The predicted molar refractivity (Wildman–Crippen MR) is 225 cm³/mol. The fourth-order valence-electron chi connectivity index (χ4n) is 5.83. The van der Waals surface area contributed by atoms with Crippen molar-refractivity contribution >= 4 is 19.8 Å². The van der Waals surface area contributed by atoms with E-state index in [0.717, 1.165) is 83.5 Å². The van der Waals surface area contributed by atoms with E-state index in [4.69, 9.17) is 19.3 Å². The molecule has 8 nitrogen and oxygen atoms in total. The molecule has 9 heteroatoms. The van der Waals surface area contributed by atoms with Crippen molar-refractivity contribution in [1.29, 1.82) is 0 Å². The number of esters is 2. The average molecular weight is 779 g/mol. The highest BCUT2D eigenvalue weighted by atomic mass is 31.2. The van der Waals surface area contributed by atoms with Gasteiger partial charge in [-0.25, -0.2) is 4.57 Å². The standard InChI is InChI=1S/C45H79O8P/c1-3-5-7-9-11-13-15-17-19-20-21-22-23-24-26-27-29-31-33-35-37-39-44(46)51-41-43(42-52-54(48,49)50)53-45(47)40-38-36-34-32-30-28-25-18-16-14-12-10-8-6-4-2/h6,8,12,14-15,17-18,20-21,25,43H,3-5,7,9-11,13,16,19,22-24,26-42H2,1-2H3,(H2,48,49,50)/b8-6-,14-12-,17-15-,21-20-,25-18-. The first-order chi connectivity index (χ1) is 26.3. The Balaban J connectivity index is 3.92. The highest BCUT2D eigenvalue weighted by Gasteiger charge is 2.22. The molecule has 0 radical (unpaired) electrons. The maximum atomic E-state index is 12.4. The molecule has 0 aromatic rings. The van der Waals surface area contributed by atoms with Crippen LogP contribution in [0.1, 0.15) is 194 Å². The summed E-state index contributed by atoms with van der Waals surface area (Å²) in [6.45, 7) is 3.55. The quantitative estimate of drug-likeness (QED) is 0.0274. The second-order valence-electron chi connectivity index (χ2n) is 14.3. The number of allylic oxidation sites excluding steroid dienone is 10. The highest BCUT2D eigenvalue weighted by molar-refractivity contribution is 7.46. The fraction of sp³-hybridized carbons (Fsp3) is 0.733. The van der Waals surface area contributed by atoms with Crippen LogP contribution in [0.5, 0.6) is 0 Å². The van der Waals surface area contributed by atoms with Crippen molar-refractivity contribution in [2.75, 3.05) is 13.2 Å². The number of carbonyl (C=O) groups excluding carboxylic acids is 2. The molecule has 2 N–H and O–H groups in total. The zero-order chi connectivity index (χ0) is 39.6. The number of phosphoric ester groups is 1. The molecule has 0 heterocycles. The van der Waals surface area contributed by atoms with Crippen molar-refractivity contribution in [1.82, 2.24) is 0 Å². The molecule has 0 fully saturated rings. The van der Waals surface area contributed by atoms with Crippen LogP contribution < -0.4 is 0 Å². The number of rotatable bonds is 39. The van der Waals surface area contributed by atoms with Crippen LogP contribution in [0.3, 0.4) is 0 Å². The molecule has 0 amide bonds. The minimum Gasteiger partial charge on any atom is -0.462 e. The zero-order valence-corrected chi connectivity index (χ0v) is 35.2.